The van der Waals surface area contributed by atoms with Gasteiger partial charge in [0.2, 0.25) is 0 Å². The first-order chi connectivity index (χ1) is 9.08. The number of nitrogens with two attached hydrogens (primary N) is 2. The summed E-state index contributed by atoms with van der Waals surface area (Å²) >= 11 is 0. The van der Waals surface area contributed by atoms with E-state index in [2.05, 4.69) is 17.1 Å². The van der Waals surface area contributed by atoms with Gasteiger partial charge < -0.3 is 21.7 Å². The lowest BCUT2D eigenvalue weighted by atomic mass is 10.1. The molecule has 104 valence electrons. The first-order valence-corrected chi connectivity index (χ1v) is 6.75. The normalized spacial score (nSPS) is 19.5. The van der Waals surface area contributed by atoms with Crippen LogP contribution in [0.2, 0.25) is 0 Å². The number of rotatable bonds is 4. The Morgan fingerprint density at radius 1 is 1.37 bits per heavy atom. The smallest absolute Gasteiger partial charge is 0.251 e. The van der Waals surface area contributed by atoms with E-state index < -0.39 is 0 Å². The van der Waals surface area contributed by atoms with Gasteiger partial charge >= 0.3 is 0 Å². The number of anilines is 2. The maximum atomic E-state index is 12.0. The van der Waals surface area contributed by atoms with E-state index >= 15 is 0 Å². The molecule has 0 spiro atoms. The number of nitrogens with one attached hydrogen (secondary N) is 1. The monoisotopic (exact) mass is 262 g/mol. The van der Waals surface area contributed by atoms with Crippen LogP contribution in [-0.2, 0) is 0 Å². The largest absolute Gasteiger partial charge is 0.399 e. The van der Waals surface area contributed by atoms with Crippen LogP contribution in [0.1, 0.15) is 23.7 Å². The molecule has 2 rings (SSSR count). The van der Waals surface area contributed by atoms with Gasteiger partial charge in [0.15, 0.2) is 0 Å². The summed E-state index contributed by atoms with van der Waals surface area (Å²) in [6, 6.07) is 4.95. The summed E-state index contributed by atoms with van der Waals surface area (Å²) < 4.78 is 0. The molecule has 1 amide bonds. The zero-order chi connectivity index (χ0) is 13.8. The molecule has 1 aliphatic rings. The first-order valence-electron chi connectivity index (χ1n) is 6.75. The number of carbonyl (C=O) groups excluding carboxylic acids is 1. The summed E-state index contributed by atoms with van der Waals surface area (Å²) in [5.41, 5.74) is 12.9. The number of likely N-dealkylation sites (tertiary alicyclic amines) is 1. The third-order valence-corrected chi connectivity index (χ3v) is 3.61. The highest BCUT2D eigenvalue weighted by atomic mass is 16.1. The van der Waals surface area contributed by atoms with E-state index in [1.54, 1.807) is 18.2 Å². The van der Waals surface area contributed by atoms with Crippen LogP contribution in [0.25, 0.3) is 0 Å². The summed E-state index contributed by atoms with van der Waals surface area (Å²) in [5.74, 6) is 0.441. The Hall–Kier alpha value is -1.75. The maximum absolute atomic E-state index is 12.0. The fourth-order valence-corrected chi connectivity index (χ4v) is 2.51. The number of amides is 1. The van der Waals surface area contributed by atoms with Crippen molar-refractivity contribution < 1.29 is 4.79 Å². The number of hydrogen-bond donors (Lipinski definition) is 3. The van der Waals surface area contributed by atoms with Gasteiger partial charge in [0, 0.05) is 30.0 Å². The molecule has 19 heavy (non-hydrogen) atoms. The van der Waals surface area contributed by atoms with Crippen LogP contribution in [0, 0.1) is 5.92 Å². The first kappa shape index (κ1) is 13.7. The molecule has 0 saturated carbocycles. The van der Waals surface area contributed by atoms with Crippen molar-refractivity contribution in [1.82, 2.24) is 10.2 Å². The predicted octanol–water partition coefficient (Wildman–Crippen LogP) is 0.923. The third-order valence-electron chi connectivity index (χ3n) is 3.61. The van der Waals surface area contributed by atoms with Crippen LogP contribution in [0.5, 0.6) is 0 Å². The molecule has 1 saturated heterocycles. The van der Waals surface area contributed by atoms with Crippen molar-refractivity contribution in [3.8, 4) is 0 Å². The van der Waals surface area contributed by atoms with Crippen molar-refractivity contribution in [1.29, 1.82) is 0 Å². The van der Waals surface area contributed by atoms with Gasteiger partial charge in [0.05, 0.1) is 0 Å². The summed E-state index contributed by atoms with van der Waals surface area (Å²) in [6.07, 6.45) is 1.15. The van der Waals surface area contributed by atoms with Gasteiger partial charge in [-0.1, -0.05) is 6.92 Å². The number of benzene rings is 1. The maximum Gasteiger partial charge on any atom is 0.251 e. The molecule has 0 radical (unpaired) electrons. The van der Waals surface area contributed by atoms with Crippen LogP contribution in [-0.4, -0.2) is 37.0 Å². The van der Waals surface area contributed by atoms with Gasteiger partial charge in [-0.3, -0.25) is 4.79 Å². The average molecular weight is 262 g/mol. The van der Waals surface area contributed by atoms with Crippen LogP contribution >= 0.6 is 0 Å². The zero-order valence-corrected chi connectivity index (χ0v) is 11.4. The average Bonchev–Trinajstić information content (AvgIpc) is 2.82. The van der Waals surface area contributed by atoms with Crippen molar-refractivity contribution in [3.05, 3.63) is 23.8 Å². The molecule has 1 atom stereocenters. The SMILES string of the molecule is CCN1CCC(CNC(=O)c2cc(N)cc(N)c2)C1. The Bertz CT molecular complexity index is 441. The summed E-state index contributed by atoms with van der Waals surface area (Å²) in [4.78, 5) is 14.4. The van der Waals surface area contributed by atoms with E-state index in [0.717, 1.165) is 26.1 Å². The number of nitrogens with zero attached hydrogens (tertiary/aromatic N) is 1. The van der Waals surface area contributed by atoms with Crippen molar-refractivity contribution >= 4 is 17.3 Å². The molecule has 5 N–H and O–H groups in total. The Morgan fingerprint density at radius 2 is 2.05 bits per heavy atom. The van der Waals surface area contributed by atoms with E-state index in [0.29, 0.717) is 29.4 Å². The van der Waals surface area contributed by atoms with Crippen molar-refractivity contribution in [2.45, 2.75) is 13.3 Å². The lowest BCUT2D eigenvalue weighted by molar-refractivity contribution is 0.0947. The molecule has 1 unspecified atom stereocenters. The Labute approximate surface area is 113 Å². The fourth-order valence-electron chi connectivity index (χ4n) is 2.51. The lowest BCUT2D eigenvalue weighted by Gasteiger charge is -2.14. The zero-order valence-electron chi connectivity index (χ0n) is 11.4. The number of carbonyl (C=O) groups is 1. The van der Waals surface area contributed by atoms with E-state index in [-0.39, 0.29) is 5.91 Å². The topological polar surface area (TPSA) is 84.4 Å². The van der Waals surface area contributed by atoms with Crippen molar-refractivity contribution in [3.63, 3.8) is 0 Å². The van der Waals surface area contributed by atoms with E-state index in [9.17, 15) is 4.79 Å². The highest BCUT2D eigenvalue weighted by Crippen LogP contribution is 2.16. The minimum absolute atomic E-state index is 0.103. The molecule has 1 heterocycles. The Kier molecular flexibility index (Phi) is 4.27. The van der Waals surface area contributed by atoms with Gasteiger partial charge in [-0.25, -0.2) is 0 Å². The van der Waals surface area contributed by atoms with Crippen LogP contribution in [0.15, 0.2) is 18.2 Å². The summed E-state index contributed by atoms with van der Waals surface area (Å²) in [7, 11) is 0. The van der Waals surface area contributed by atoms with Gasteiger partial charge in [-0.05, 0) is 43.6 Å². The highest BCUT2D eigenvalue weighted by Gasteiger charge is 2.21. The molecular formula is C14H22N4O. The van der Waals surface area contributed by atoms with E-state index in [4.69, 9.17) is 11.5 Å². The fraction of sp³-hybridized carbons (Fsp3) is 0.500. The van der Waals surface area contributed by atoms with Gasteiger partial charge in [-0.2, -0.15) is 0 Å². The van der Waals surface area contributed by atoms with Gasteiger partial charge in [-0.15, -0.1) is 0 Å². The molecule has 0 bridgehead atoms. The van der Waals surface area contributed by atoms with Crippen molar-refractivity contribution in [2.75, 3.05) is 37.6 Å². The van der Waals surface area contributed by atoms with Gasteiger partial charge in [0.1, 0.15) is 0 Å². The number of hydrogen-bond acceptors (Lipinski definition) is 4. The molecule has 1 aliphatic heterocycles. The van der Waals surface area contributed by atoms with Crippen LogP contribution in [0.4, 0.5) is 11.4 Å². The van der Waals surface area contributed by atoms with Crippen LogP contribution in [0.3, 0.4) is 0 Å². The van der Waals surface area contributed by atoms with E-state index in [1.807, 2.05) is 0 Å². The molecule has 1 fully saturated rings. The Balaban J connectivity index is 1.87. The third kappa shape index (κ3) is 3.61. The standard InChI is InChI=1S/C14H22N4O/c1-2-18-4-3-10(9-18)8-17-14(19)11-5-12(15)7-13(16)6-11/h5-7,10H,2-4,8-9,15-16H2,1H3,(H,17,19). The molecule has 1 aromatic carbocycles. The number of nitrogen functional groups attached to an aromatic ring is 2. The quantitative estimate of drug-likeness (QED) is 0.705. The van der Waals surface area contributed by atoms with Crippen LogP contribution < -0.4 is 16.8 Å². The lowest BCUT2D eigenvalue weighted by Crippen LogP contribution is -2.31. The molecule has 5 heteroatoms. The van der Waals surface area contributed by atoms with Crippen molar-refractivity contribution in [2.24, 2.45) is 5.92 Å². The van der Waals surface area contributed by atoms with E-state index in [1.165, 1.54) is 0 Å². The second-order valence-electron chi connectivity index (χ2n) is 5.15. The summed E-state index contributed by atoms with van der Waals surface area (Å²) in [5, 5.41) is 2.96. The molecule has 5 nitrogen and oxygen atoms in total. The second kappa shape index (κ2) is 5.93. The predicted molar refractivity (Wildman–Crippen MR) is 77.8 cm³/mol. The molecule has 1 aromatic rings. The summed E-state index contributed by atoms with van der Waals surface area (Å²) in [6.45, 7) is 6.15. The molecule has 0 aliphatic carbocycles. The minimum atomic E-state index is -0.103. The Morgan fingerprint density at radius 3 is 2.63 bits per heavy atom. The second-order valence-corrected chi connectivity index (χ2v) is 5.15. The highest BCUT2D eigenvalue weighted by molar-refractivity contribution is 5.96. The minimum Gasteiger partial charge on any atom is -0.399 e. The van der Waals surface area contributed by atoms with Gasteiger partial charge in [0.25, 0.3) is 5.91 Å². The molecular weight excluding hydrogens is 240 g/mol. The molecule has 0 aromatic heterocycles.